The lowest BCUT2D eigenvalue weighted by Gasteiger charge is -2.23. The smallest absolute Gasteiger partial charge is 0.337 e. The van der Waals surface area contributed by atoms with Crippen molar-refractivity contribution in [3.63, 3.8) is 0 Å². The molecule has 3 aromatic rings. The summed E-state index contributed by atoms with van der Waals surface area (Å²) in [5, 5.41) is 21.4. The zero-order chi connectivity index (χ0) is 23.0. The monoisotopic (exact) mass is 496 g/mol. The predicted molar refractivity (Wildman–Crippen MR) is 126 cm³/mol. The number of ether oxygens (including phenoxy) is 1. The minimum absolute atomic E-state index is 0.0174. The number of halogens is 4. The van der Waals surface area contributed by atoms with Gasteiger partial charge in [0.2, 0.25) is 0 Å². The van der Waals surface area contributed by atoms with Crippen molar-refractivity contribution in [2.45, 2.75) is 13.8 Å². The summed E-state index contributed by atoms with van der Waals surface area (Å²) in [5.74, 6) is -0.800. The molecule has 160 valence electrons. The molecule has 8 heteroatoms. The molecule has 0 unspecified atom stereocenters. The van der Waals surface area contributed by atoms with Gasteiger partial charge in [-0.2, -0.15) is 0 Å². The van der Waals surface area contributed by atoms with Crippen molar-refractivity contribution in [2.75, 3.05) is 0 Å². The number of hydrogen-bond donors (Lipinski definition) is 2. The maximum absolute atomic E-state index is 12.0. The van der Waals surface area contributed by atoms with Crippen LogP contribution in [0.15, 0.2) is 36.4 Å². The van der Waals surface area contributed by atoms with Gasteiger partial charge in [-0.3, -0.25) is 0 Å². The number of carbonyl (C=O) groups is 1. The van der Waals surface area contributed by atoms with Crippen molar-refractivity contribution in [1.29, 1.82) is 0 Å². The molecule has 1 heterocycles. The second-order valence-corrected chi connectivity index (χ2v) is 7.93. The van der Waals surface area contributed by atoms with Crippen LogP contribution in [0.2, 0.25) is 20.1 Å². The maximum Gasteiger partial charge on any atom is 0.337 e. The van der Waals surface area contributed by atoms with E-state index in [1.807, 2.05) is 13.8 Å². The number of carboxylic acid groups (broad SMARTS) is 1. The Morgan fingerprint density at radius 3 is 2.19 bits per heavy atom. The van der Waals surface area contributed by atoms with E-state index in [1.54, 1.807) is 12.1 Å². The number of benzene rings is 3. The second-order valence-electron chi connectivity index (χ2n) is 6.30. The van der Waals surface area contributed by atoms with Gasteiger partial charge in [-0.15, -0.1) is 0 Å². The Morgan fingerprint density at radius 1 is 0.903 bits per heavy atom. The highest BCUT2D eigenvalue weighted by molar-refractivity contribution is 6.37. The minimum atomic E-state index is -1.25. The molecule has 0 spiro atoms. The molecule has 1 aliphatic rings. The molecule has 0 fully saturated rings. The third-order valence-corrected chi connectivity index (χ3v) is 5.81. The number of aromatic carboxylic acids is 1. The molecule has 0 atom stereocenters. The second kappa shape index (κ2) is 9.01. The molecule has 0 aromatic heterocycles. The highest BCUT2D eigenvalue weighted by Crippen LogP contribution is 2.44. The first-order valence-corrected chi connectivity index (χ1v) is 10.7. The van der Waals surface area contributed by atoms with E-state index >= 15 is 0 Å². The molecule has 31 heavy (non-hydrogen) atoms. The van der Waals surface area contributed by atoms with Crippen LogP contribution >= 0.6 is 46.4 Å². The Bertz CT molecular complexity index is 1330. The average Bonchev–Trinajstić information content (AvgIpc) is 2.72. The van der Waals surface area contributed by atoms with Crippen LogP contribution in [0.4, 0.5) is 0 Å². The number of fused-ring (bicyclic) bond motifs is 2. The number of phenols is 1. The molecular formula is C23H16Cl4O4. The molecule has 0 amide bonds. The van der Waals surface area contributed by atoms with E-state index < -0.39 is 5.97 Å². The first kappa shape index (κ1) is 23.3. The predicted octanol–water partition coefficient (Wildman–Crippen LogP) is 6.49. The van der Waals surface area contributed by atoms with Gasteiger partial charge < -0.3 is 14.9 Å². The quantitative estimate of drug-likeness (QED) is 0.332. The molecule has 1 aliphatic heterocycles. The Labute approximate surface area is 198 Å². The zero-order valence-corrected chi connectivity index (χ0v) is 19.4. The van der Waals surface area contributed by atoms with Gasteiger partial charge in [-0.1, -0.05) is 66.8 Å². The Hall–Kier alpha value is -2.37. The van der Waals surface area contributed by atoms with Crippen LogP contribution in [0.1, 0.15) is 35.3 Å². The third kappa shape index (κ3) is 4.09. The third-order valence-electron chi connectivity index (χ3n) is 4.52. The van der Waals surface area contributed by atoms with E-state index in [1.165, 1.54) is 24.3 Å². The highest BCUT2D eigenvalue weighted by atomic mass is 35.5. The van der Waals surface area contributed by atoms with Gasteiger partial charge >= 0.3 is 5.97 Å². The largest absolute Gasteiger partial charge is 0.506 e. The summed E-state index contributed by atoms with van der Waals surface area (Å²) in [6, 6.07) is 8.96. The van der Waals surface area contributed by atoms with E-state index in [4.69, 9.17) is 51.1 Å². The van der Waals surface area contributed by atoms with E-state index in [0.717, 1.165) is 0 Å². The summed E-state index contributed by atoms with van der Waals surface area (Å²) < 4.78 is 5.91. The van der Waals surface area contributed by atoms with E-state index in [-0.39, 0.29) is 37.7 Å². The topological polar surface area (TPSA) is 66.8 Å². The SMILES string of the molecule is C=c1cc2c(cc1Cl)=C(c1c(Cl)ccc(Cl)c1C(=O)O)c1cc(Cl)c(O)cc1O2.CC. The molecule has 3 aromatic carbocycles. The van der Waals surface area contributed by atoms with E-state index in [0.29, 0.717) is 32.3 Å². The molecule has 0 radical (unpaired) electrons. The van der Waals surface area contributed by atoms with Gasteiger partial charge in [0.15, 0.2) is 0 Å². The van der Waals surface area contributed by atoms with Crippen molar-refractivity contribution < 1.29 is 19.7 Å². The number of aromatic hydroxyl groups is 1. The highest BCUT2D eigenvalue weighted by Gasteiger charge is 2.28. The number of carboxylic acids is 1. The molecule has 0 saturated heterocycles. The molecule has 0 saturated carbocycles. The summed E-state index contributed by atoms with van der Waals surface area (Å²) in [5.41, 5.74) is 0.855. The summed E-state index contributed by atoms with van der Waals surface area (Å²) in [6.07, 6.45) is 0. The lowest BCUT2D eigenvalue weighted by atomic mass is 9.89. The zero-order valence-electron chi connectivity index (χ0n) is 16.4. The fourth-order valence-corrected chi connectivity index (χ4v) is 4.05. The Kier molecular flexibility index (Phi) is 6.77. The van der Waals surface area contributed by atoms with Crippen LogP contribution in [-0.4, -0.2) is 16.2 Å². The van der Waals surface area contributed by atoms with Gasteiger partial charge in [0.25, 0.3) is 0 Å². The van der Waals surface area contributed by atoms with Crippen molar-refractivity contribution in [2.24, 2.45) is 0 Å². The molecular weight excluding hydrogens is 482 g/mol. The number of rotatable bonds is 2. The van der Waals surface area contributed by atoms with Crippen molar-refractivity contribution >= 4 is 64.5 Å². The standard InChI is InChI=1S/C21H10Cl4O4.C2H6/c1-8-4-16-9(5-13(8)24)18(10-6-14(25)15(26)7-17(10)29-16)19-11(22)2-3-12(23)20(19)21(27)28;1-2/h2-7,26H,1H2,(H,27,28);1-2H3. The van der Waals surface area contributed by atoms with Crippen molar-refractivity contribution in [1.82, 2.24) is 0 Å². The molecule has 4 rings (SSSR count). The van der Waals surface area contributed by atoms with Crippen LogP contribution < -0.4 is 15.2 Å². The lowest BCUT2D eigenvalue weighted by Crippen LogP contribution is -2.22. The fourth-order valence-electron chi connectivity index (χ4n) is 3.24. The van der Waals surface area contributed by atoms with Crippen molar-refractivity contribution in [3.05, 3.63) is 83.6 Å². The van der Waals surface area contributed by atoms with Crippen LogP contribution in [0.25, 0.3) is 12.2 Å². The fraction of sp³-hybridized carbons (Fsp3) is 0.0870. The lowest BCUT2D eigenvalue weighted by molar-refractivity contribution is 0.0696. The molecule has 0 aliphatic carbocycles. The van der Waals surface area contributed by atoms with E-state index in [2.05, 4.69) is 6.58 Å². The summed E-state index contributed by atoms with van der Waals surface area (Å²) >= 11 is 25.0. The summed E-state index contributed by atoms with van der Waals surface area (Å²) in [6.45, 7) is 7.86. The van der Waals surface area contributed by atoms with Crippen LogP contribution in [0, 0.1) is 0 Å². The Morgan fingerprint density at radius 2 is 1.55 bits per heavy atom. The van der Waals surface area contributed by atoms with Crippen LogP contribution in [0.3, 0.4) is 0 Å². The maximum atomic E-state index is 12.0. The average molecular weight is 498 g/mol. The number of hydrogen-bond acceptors (Lipinski definition) is 3. The number of phenolic OH excluding ortho intramolecular Hbond substituents is 1. The van der Waals surface area contributed by atoms with Gasteiger partial charge in [-0.25, -0.2) is 4.79 Å². The molecule has 2 N–H and O–H groups in total. The summed E-state index contributed by atoms with van der Waals surface area (Å²) in [4.78, 5) is 12.0. The first-order chi connectivity index (χ1) is 14.7. The van der Waals surface area contributed by atoms with Gasteiger partial charge in [0.05, 0.1) is 15.6 Å². The van der Waals surface area contributed by atoms with Crippen molar-refractivity contribution in [3.8, 4) is 17.2 Å². The van der Waals surface area contributed by atoms with Crippen LogP contribution in [-0.2, 0) is 0 Å². The van der Waals surface area contributed by atoms with Gasteiger partial charge in [0.1, 0.15) is 17.2 Å². The minimum Gasteiger partial charge on any atom is -0.506 e. The Balaban J connectivity index is 0.00000132. The van der Waals surface area contributed by atoms with E-state index in [9.17, 15) is 15.0 Å². The first-order valence-electron chi connectivity index (χ1n) is 9.14. The normalized spacial score (nSPS) is 11.6. The molecule has 0 bridgehead atoms. The molecule has 4 nitrogen and oxygen atoms in total. The summed E-state index contributed by atoms with van der Waals surface area (Å²) in [7, 11) is 0. The van der Waals surface area contributed by atoms with Gasteiger partial charge in [-0.05, 0) is 35.6 Å². The van der Waals surface area contributed by atoms with Crippen LogP contribution in [0.5, 0.6) is 17.2 Å². The van der Waals surface area contributed by atoms with Gasteiger partial charge in [0, 0.05) is 38.0 Å².